The lowest BCUT2D eigenvalue weighted by Crippen LogP contribution is -2.35. The second-order valence-corrected chi connectivity index (χ2v) is 7.65. The van der Waals surface area contributed by atoms with Crippen molar-refractivity contribution in [3.05, 3.63) is 76.5 Å². The smallest absolute Gasteiger partial charge is 0.263 e. The number of nitrogens with zero attached hydrogens (tertiary/aromatic N) is 1. The lowest BCUT2D eigenvalue weighted by molar-refractivity contribution is -0.121. The Balaban J connectivity index is 0.00000222. The van der Waals surface area contributed by atoms with Crippen LogP contribution in [0, 0.1) is 0 Å². The number of rotatable bonds is 9. The van der Waals surface area contributed by atoms with Gasteiger partial charge in [-0.3, -0.25) is 14.4 Å². The summed E-state index contributed by atoms with van der Waals surface area (Å²) >= 11 is 11.0. The molecule has 0 aliphatic carbocycles. The Morgan fingerprint density at radius 3 is 2.58 bits per heavy atom. The molecule has 0 saturated carbocycles. The van der Waals surface area contributed by atoms with Crippen LogP contribution in [0.3, 0.4) is 0 Å². The zero-order valence-corrected chi connectivity index (χ0v) is 21.4. The van der Waals surface area contributed by atoms with Gasteiger partial charge in [-0.2, -0.15) is 0 Å². The van der Waals surface area contributed by atoms with Gasteiger partial charge in [-0.25, -0.2) is 0 Å². The Morgan fingerprint density at radius 2 is 1.92 bits per heavy atom. The van der Waals surface area contributed by atoms with E-state index in [4.69, 9.17) is 38.1 Å². The van der Waals surface area contributed by atoms with Crippen molar-refractivity contribution < 1.29 is 28.6 Å². The number of hydrogen-bond acceptors (Lipinski definition) is 7. The highest BCUT2D eigenvalue weighted by molar-refractivity contribution is 7.78. The van der Waals surface area contributed by atoms with Crippen molar-refractivity contribution in [1.82, 2.24) is 5.32 Å². The lowest BCUT2D eigenvalue weighted by Gasteiger charge is -2.19. The summed E-state index contributed by atoms with van der Waals surface area (Å²) < 4.78 is 11.3. The van der Waals surface area contributed by atoms with Crippen LogP contribution in [0.25, 0.3) is 17.4 Å². The zero-order valence-electron chi connectivity index (χ0n) is 19.9. The highest BCUT2D eigenvalue weighted by atomic mass is 35.5. The third kappa shape index (κ3) is 7.11. The fourth-order valence-corrected chi connectivity index (χ4v) is 3.44. The molecule has 0 spiro atoms. The van der Waals surface area contributed by atoms with Gasteiger partial charge in [0.05, 0.1) is 17.1 Å². The Labute approximate surface area is 219 Å². The van der Waals surface area contributed by atoms with Gasteiger partial charge in [0, 0.05) is 37.0 Å². The number of halogens is 1. The number of aliphatic hydroxyl groups excluding tert-OH is 1. The predicted molar refractivity (Wildman–Crippen MR) is 143 cm³/mol. The van der Waals surface area contributed by atoms with E-state index in [-0.39, 0.29) is 11.3 Å². The number of benzene rings is 2. The number of amides is 2. The molecule has 1 aromatic heterocycles. The number of nitrogens with one attached hydrogen (secondary N) is 1. The molecule has 1 heterocycles. The maximum absolute atomic E-state index is 13.3. The molecule has 8 nitrogen and oxygen atoms in total. The maximum atomic E-state index is 13.3. The monoisotopic (exact) mass is 528 g/mol. The number of carbonyl (C=O) groups is 3. The Kier molecular flexibility index (Phi) is 11.0. The number of aliphatic hydroxyl groups is 1. The highest BCUT2D eigenvalue weighted by Gasteiger charge is 2.23. The van der Waals surface area contributed by atoms with Crippen LogP contribution in [0.5, 0.6) is 5.75 Å². The van der Waals surface area contributed by atoms with E-state index in [1.54, 1.807) is 61.6 Å². The number of furan rings is 1. The zero-order chi connectivity index (χ0) is 26.7. The standard InChI is InChI=1S/C25H21ClN2O5S.CH4O/c1-3-32-18-6-4-5-17(12-18)28(2)25(31)21(24(30)27-15-34)13-19-8-10-23(33-19)20-11-16(14-29)7-9-22(20)26;1-2/h4-15H,3H2,1-2H3,(H,27,30,34);2H,1H3/b21-13+;. The Morgan fingerprint density at radius 1 is 1.17 bits per heavy atom. The first-order valence-electron chi connectivity index (χ1n) is 10.6. The van der Waals surface area contributed by atoms with Crippen LogP contribution in [0.4, 0.5) is 5.69 Å². The van der Waals surface area contributed by atoms with Crippen molar-refractivity contribution in [2.45, 2.75) is 6.92 Å². The van der Waals surface area contributed by atoms with Crippen LogP contribution in [0.2, 0.25) is 5.02 Å². The molecule has 0 atom stereocenters. The first-order valence-corrected chi connectivity index (χ1v) is 11.5. The van der Waals surface area contributed by atoms with E-state index in [0.717, 1.165) is 12.6 Å². The Bertz CT molecular complexity index is 1270. The summed E-state index contributed by atoms with van der Waals surface area (Å²) in [5.41, 5.74) is 2.30. The van der Waals surface area contributed by atoms with Crippen LogP contribution >= 0.6 is 23.8 Å². The number of anilines is 1. The summed E-state index contributed by atoms with van der Waals surface area (Å²) in [7, 11) is 2.55. The van der Waals surface area contributed by atoms with Gasteiger partial charge in [-0.05, 0) is 49.4 Å². The highest BCUT2D eigenvalue weighted by Crippen LogP contribution is 2.31. The van der Waals surface area contributed by atoms with E-state index in [2.05, 4.69) is 5.32 Å². The van der Waals surface area contributed by atoms with Crippen LogP contribution < -0.4 is 15.0 Å². The van der Waals surface area contributed by atoms with Crippen molar-refractivity contribution in [1.29, 1.82) is 0 Å². The molecular weight excluding hydrogens is 504 g/mol. The molecule has 0 unspecified atom stereocenters. The molecule has 0 aliphatic rings. The number of ether oxygens (including phenoxy) is 1. The molecular formula is C26H25ClN2O6S. The molecule has 2 N–H and O–H groups in total. The van der Waals surface area contributed by atoms with Gasteiger partial charge < -0.3 is 24.5 Å². The van der Waals surface area contributed by atoms with Crippen molar-refractivity contribution in [2.75, 3.05) is 25.7 Å². The minimum atomic E-state index is -0.688. The first kappa shape index (κ1) is 28.4. The van der Waals surface area contributed by atoms with Crippen molar-refractivity contribution >= 4 is 59.2 Å². The van der Waals surface area contributed by atoms with E-state index in [9.17, 15) is 14.4 Å². The number of aldehydes is 1. The molecule has 0 fully saturated rings. The molecule has 2 aromatic carbocycles. The molecule has 0 aliphatic heterocycles. The average molecular weight is 529 g/mol. The van der Waals surface area contributed by atoms with E-state index >= 15 is 0 Å². The van der Waals surface area contributed by atoms with E-state index in [1.807, 2.05) is 6.92 Å². The van der Waals surface area contributed by atoms with Gasteiger partial charge in [0.15, 0.2) is 0 Å². The van der Waals surface area contributed by atoms with Crippen LogP contribution in [0.1, 0.15) is 23.0 Å². The number of hydrogen-bond donors (Lipinski definition) is 2. The van der Waals surface area contributed by atoms with Gasteiger partial charge >= 0.3 is 0 Å². The molecule has 0 bridgehead atoms. The quantitative estimate of drug-likeness (QED) is 0.138. The number of thiocarbonyl (C=S) groups is 1. The summed E-state index contributed by atoms with van der Waals surface area (Å²) in [4.78, 5) is 38.3. The summed E-state index contributed by atoms with van der Waals surface area (Å²) in [5.74, 6) is -0.0611. The average Bonchev–Trinajstić information content (AvgIpc) is 3.37. The fraction of sp³-hybridized carbons (Fsp3) is 0.154. The second kappa shape index (κ2) is 13.9. The molecule has 36 heavy (non-hydrogen) atoms. The summed E-state index contributed by atoms with van der Waals surface area (Å²) in [6, 6.07) is 14.9. The minimum Gasteiger partial charge on any atom is -0.494 e. The number of likely N-dealkylation sites (N-methyl/N-ethyl adjacent to an activating group) is 1. The minimum absolute atomic E-state index is 0.195. The number of carbonyl (C=O) groups excluding carboxylic acids is 3. The van der Waals surface area contributed by atoms with Gasteiger partial charge in [0.25, 0.3) is 11.8 Å². The molecule has 0 saturated heterocycles. The van der Waals surface area contributed by atoms with Gasteiger partial charge in [0.2, 0.25) is 0 Å². The SMILES string of the molecule is CCOc1cccc(N(C)C(=O)/C(=C/c2ccc(-c3cc(C=O)ccc3Cl)o2)C(=O)NC=S)c1.CO. The van der Waals surface area contributed by atoms with Crippen molar-refractivity contribution in [3.63, 3.8) is 0 Å². The molecule has 2 amide bonds. The molecule has 0 radical (unpaired) electrons. The van der Waals surface area contributed by atoms with Crippen LogP contribution in [-0.4, -0.2) is 49.5 Å². The van der Waals surface area contributed by atoms with Gasteiger partial charge in [0.1, 0.15) is 29.1 Å². The van der Waals surface area contributed by atoms with Gasteiger partial charge in [-0.15, -0.1) is 0 Å². The van der Waals surface area contributed by atoms with E-state index in [0.29, 0.717) is 46.2 Å². The molecule has 10 heteroatoms. The maximum Gasteiger partial charge on any atom is 0.263 e. The Hall–Kier alpha value is -3.79. The lowest BCUT2D eigenvalue weighted by atomic mass is 10.1. The topological polar surface area (TPSA) is 109 Å². The molecule has 3 rings (SSSR count). The van der Waals surface area contributed by atoms with Crippen LogP contribution in [-0.2, 0) is 9.59 Å². The first-order chi connectivity index (χ1) is 17.4. The van der Waals surface area contributed by atoms with Gasteiger partial charge in [-0.1, -0.05) is 36.0 Å². The van der Waals surface area contributed by atoms with Crippen LogP contribution in [0.15, 0.2) is 64.6 Å². The van der Waals surface area contributed by atoms with E-state index < -0.39 is 11.8 Å². The largest absolute Gasteiger partial charge is 0.494 e. The molecule has 188 valence electrons. The van der Waals surface area contributed by atoms with E-state index in [1.165, 1.54) is 11.0 Å². The molecule has 3 aromatic rings. The summed E-state index contributed by atoms with van der Waals surface area (Å²) in [6.45, 7) is 2.34. The normalized spacial score (nSPS) is 10.5. The fourth-order valence-electron chi connectivity index (χ4n) is 3.12. The predicted octanol–water partition coefficient (Wildman–Crippen LogP) is 4.54. The third-order valence-corrected chi connectivity index (χ3v) is 5.24. The third-order valence-electron chi connectivity index (χ3n) is 4.79. The summed E-state index contributed by atoms with van der Waals surface area (Å²) in [5, 5.41) is 9.74. The van der Waals surface area contributed by atoms with Crippen molar-refractivity contribution in [3.8, 4) is 17.1 Å². The summed E-state index contributed by atoms with van der Waals surface area (Å²) in [6.07, 6.45) is 2.02. The van der Waals surface area contributed by atoms with Crippen molar-refractivity contribution in [2.24, 2.45) is 0 Å². The second-order valence-electron chi connectivity index (χ2n) is 7.00.